The van der Waals surface area contributed by atoms with Crippen molar-refractivity contribution in [1.29, 1.82) is 0 Å². The van der Waals surface area contributed by atoms with Crippen molar-refractivity contribution in [3.8, 4) is 0 Å². The number of hydrogen-bond acceptors (Lipinski definition) is 1. The molecule has 0 radical (unpaired) electrons. The van der Waals surface area contributed by atoms with Crippen LogP contribution in [0.15, 0.2) is 24.3 Å². The summed E-state index contributed by atoms with van der Waals surface area (Å²) in [4.78, 5) is 0. The Balaban J connectivity index is 2.74. The first-order valence-corrected chi connectivity index (χ1v) is 5.96. The Morgan fingerprint density at radius 2 is 1.73 bits per heavy atom. The van der Waals surface area contributed by atoms with Crippen molar-refractivity contribution >= 4 is 0 Å². The third kappa shape index (κ3) is 3.67. The summed E-state index contributed by atoms with van der Waals surface area (Å²) in [6, 6.07) is 8.91. The lowest BCUT2D eigenvalue weighted by Crippen LogP contribution is -2.14. The highest BCUT2D eigenvalue weighted by atomic mass is 14.5. The molecule has 1 aromatic rings. The van der Waals surface area contributed by atoms with Gasteiger partial charge < -0.3 is 5.73 Å². The van der Waals surface area contributed by atoms with E-state index in [1.165, 1.54) is 17.5 Å². The molecule has 0 spiro atoms. The molecule has 0 aliphatic rings. The van der Waals surface area contributed by atoms with E-state index in [2.05, 4.69) is 45.0 Å². The number of rotatable bonds is 5. The summed E-state index contributed by atoms with van der Waals surface area (Å²) in [6.07, 6.45) is 2.29. The van der Waals surface area contributed by atoms with Crippen LogP contribution in [0, 0.1) is 5.92 Å². The van der Waals surface area contributed by atoms with E-state index < -0.39 is 0 Å². The summed E-state index contributed by atoms with van der Waals surface area (Å²) in [6.45, 7) is 7.44. The number of aryl methyl sites for hydroxylation is 1. The van der Waals surface area contributed by atoms with Crippen LogP contribution in [0.25, 0.3) is 0 Å². The van der Waals surface area contributed by atoms with Crippen LogP contribution in [0.1, 0.15) is 44.2 Å². The maximum Gasteiger partial charge on any atom is -0.000814 e. The lowest BCUT2D eigenvalue weighted by Gasteiger charge is -2.17. The van der Waals surface area contributed by atoms with Gasteiger partial charge in [-0.2, -0.15) is 0 Å². The maximum absolute atomic E-state index is 5.82. The van der Waals surface area contributed by atoms with Crippen molar-refractivity contribution < 1.29 is 0 Å². The highest BCUT2D eigenvalue weighted by Crippen LogP contribution is 2.23. The van der Waals surface area contributed by atoms with Gasteiger partial charge in [0.15, 0.2) is 0 Å². The SMILES string of the molecule is CCc1ccc(C(CN)CC(C)C)cc1. The zero-order valence-corrected chi connectivity index (χ0v) is 10.2. The molecule has 1 rings (SSSR count). The zero-order chi connectivity index (χ0) is 11.3. The second-order valence-electron chi connectivity index (χ2n) is 4.66. The van der Waals surface area contributed by atoms with Gasteiger partial charge in [-0.3, -0.25) is 0 Å². The zero-order valence-electron chi connectivity index (χ0n) is 10.2. The number of benzene rings is 1. The summed E-state index contributed by atoms with van der Waals surface area (Å²) >= 11 is 0. The highest BCUT2D eigenvalue weighted by Gasteiger charge is 2.11. The van der Waals surface area contributed by atoms with Crippen LogP contribution >= 0.6 is 0 Å². The fraction of sp³-hybridized carbons (Fsp3) is 0.571. The minimum atomic E-state index is 0.524. The first-order valence-electron chi connectivity index (χ1n) is 5.96. The minimum Gasteiger partial charge on any atom is -0.330 e. The van der Waals surface area contributed by atoms with Crippen molar-refractivity contribution in [1.82, 2.24) is 0 Å². The van der Waals surface area contributed by atoms with Crippen LogP contribution in [0.5, 0.6) is 0 Å². The molecule has 15 heavy (non-hydrogen) atoms. The van der Waals surface area contributed by atoms with Crippen LogP contribution in [0.2, 0.25) is 0 Å². The maximum atomic E-state index is 5.82. The normalized spacial score (nSPS) is 13.1. The molecule has 84 valence electrons. The van der Waals surface area contributed by atoms with Crippen molar-refractivity contribution in [3.05, 3.63) is 35.4 Å². The van der Waals surface area contributed by atoms with Gasteiger partial charge in [0.05, 0.1) is 0 Å². The Morgan fingerprint density at radius 1 is 1.13 bits per heavy atom. The van der Waals surface area contributed by atoms with Gasteiger partial charge >= 0.3 is 0 Å². The fourth-order valence-electron chi connectivity index (χ4n) is 1.96. The summed E-state index contributed by atoms with van der Waals surface area (Å²) in [7, 11) is 0. The van der Waals surface area contributed by atoms with Crippen molar-refractivity contribution in [3.63, 3.8) is 0 Å². The fourth-order valence-corrected chi connectivity index (χ4v) is 1.96. The molecule has 0 heterocycles. The van der Waals surface area contributed by atoms with Crippen LogP contribution in [0.4, 0.5) is 0 Å². The molecule has 0 fully saturated rings. The predicted octanol–water partition coefficient (Wildman–Crippen LogP) is 3.34. The quantitative estimate of drug-likeness (QED) is 0.784. The van der Waals surface area contributed by atoms with E-state index in [0.717, 1.165) is 13.0 Å². The van der Waals surface area contributed by atoms with E-state index in [1.807, 2.05) is 0 Å². The Hall–Kier alpha value is -0.820. The lowest BCUT2D eigenvalue weighted by molar-refractivity contribution is 0.504. The second kappa shape index (κ2) is 5.92. The molecule has 1 nitrogen and oxygen atoms in total. The first-order chi connectivity index (χ1) is 7.17. The Morgan fingerprint density at radius 3 is 2.13 bits per heavy atom. The molecule has 0 saturated heterocycles. The largest absolute Gasteiger partial charge is 0.330 e. The Kier molecular flexibility index (Phi) is 4.83. The molecule has 0 aliphatic carbocycles. The molecule has 1 atom stereocenters. The molecule has 0 aliphatic heterocycles. The summed E-state index contributed by atoms with van der Waals surface area (Å²) in [5.74, 6) is 1.24. The van der Waals surface area contributed by atoms with Crippen LogP contribution in [0.3, 0.4) is 0 Å². The summed E-state index contributed by atoms with van der Waals surface area (Å²) < 4.78 is 0. The average molecular weight is 205 g/mol. The van der Waals surface area contributed by atoms with E-state index in [0.29, 0.717) is 11.8 Å². The molecule has 1 unspecified atom stereocenters. The monoisotopic (exact) mass is 205 g/mol. The minimum absolute atomic E-state index is 0.524. The van der Waals surface area contributed by atoms with Crippen molar-refractivity contribution in [2.75, 3.05) is 6.54 Å². The molecule has 0 amide bonds. The standard InChI is InChI=1S/C14H23N/c1-4-12-5-7-13(8-6-12)14(10-15)9-11(2)3/h5-8,11,14H,4,9-10,15H2,1-3H3. The number of hydrogen-bond donors (Lipinski definition) is 1. The lowest BCUT2D eigenvalue weighted by atomic mass is 9.90. The molecule has 0 bridgehead atoms. The van der Waals surface area contributed by atoms with Crippen LogP contribution in [-0.2, 0) is 6.42 Å². The Bertz CT molecular complexity index is 274. The molecule has 0 aromatic heterocycles. The summed E-state index contributed by atoms with van der Waals surface area (Å²) in [5, 5.41) is 0. The summed E-state index contributed by atoms with van der Waals surface area (Å²) in [5.41, 5.74) is 8.62. The van der Waals surface area contributed by atoms with E-state index in [4.69, 9.17) is 5.73 Å². The van der Waals surface area contributed by atoms with Crippen molar-refractivity contribution in [2.45, 2.75) is 39.5 Å². The van der Waals surface area contributed by atoms with Gasteiger partial charge in [-0.05, 0) is 42.3 Å². The molecule has 1 aromatic carbocycles. The van der Waals surface area contributed by atoms with Gasteiger partial charge in [-0.25, -0.2) is 0 Å². The smallest absolute Gasteiger partial charge is 0.000814 e. The molecule has 0 saturated carbocycles. The van der Waals surface area contributed by atoms with Gasteiger partial charge in [0.25, 0.3) is 0 Å². The van der Waals surface area contributed by atoms with E-state index in [9.17, 15) is 0 Å². The van der Waals surface area contributed by atoms with E-state index in [1.54, 1.807) is 0 Å². The second-order valence-corrected chi connectivity index (χ2v) is 4.66. The van der Waals surface area contributed by atoms with Gasteiger partial charge in [-0.15, -0.1) is 0 Å². The molecular weight excluding hydrogens is 182 g/mol. The molecule has 1 heteroatoms. The van der Waals surface area contributed by atoms with E-state index >= 15 is 0 Å². The third-order valence-electron chi connectivity index (χ3n) is 2.90. The topological polar surface area (TPSA) is 26.0 Å². The van der Waals surface area contributed by atoms with Gasteiger partial charge in [0.1, 0.15) is 0 Å². The average Bonchev–Trinajstić information content (AvgIpc) is 2.26. The van der Waals surface area contributed by atoms with Crippen molar-refractivity contribution in [2.24, 2.45) is 11.7 Å². The van der Waals surface area contributed by atoms with Crippen LogP contribution < -0.4 is 5.73 Å². The van der Waals surface area contributed by atoms with Gasteiger partial charge in [0, 0.05) is 0 Å². The molecule has 2 N–H and O–H groups in total. The van der Waals surface area contributed by atoms with E-state index in [-0.39, 0.29) is 0 Å². The van der Waals surface area contributed by atoms with Gasteiger partial charge in [0.2, 0.25) is 0 Å². The first kappa shape index (κ1) is 12.3. The molecular formula is C14H23N. The van der Waals surface area contributed by atoms with Crippen LogP contribution in [-0.4, -0.2) is 6.54 Å². The Labute approximate surface area is 93.7 Å². The number of nitrogens with two attached hydrogens (primary N) is 1. The predicted molar refractivity (Wildman–Crippen MR) is 67.1 cm³/mol. The third-order valence-corrected chi connectivity index (χ3v) is 2.90. The highest BCUT2D eigenvalue weighted by molar-refractivity contribution is 5.25. The van der Waals surface area contributed by atoms with Gasteiger partial charge in [-0.1, -0.05) is 45.0 Å².